The third-order valence-corrected chi connectivity index (χ3v) is 2.94. The van der Waals surface area contributed by atoms with Crippen LogP contribution >= 0.6 is 0 Å². The van der Waals surface area contributed by atoms with Crippen LogP contribution in [0.15, 0.2) is 24.3 Å². The fourth-order valence-electron chi connectivity index (χ4n) is 1.79. The highest BCUT2D eigenvalue weighted by atomic mass is 16.7. The van der Waals surface area contributed by atoms with Crippen LogP contribution in [0.2, 0.25) is 0 Å². The molecule has 100 valence electrons. The molecule has 2 rings (SSSR count). The van der Waals surface area contributed by atoms with Gasteiger partial charge in [0.1, 0.15) is 24.1 Å². The fraction of sp³-hybridized carbons (Fsp3) is 0.500. The van der Waals surface area contributed by atoms with Gasteiger partial charge in [-0.3, -0.25) is 0 Å². The van der Waals surface area contributed by atoms with E-state index < -0.39 is 30.7 Å². The Morgan fingerprint density at radius 2 is 1.67 bits per heavy atom. The van der Waals surface area contributed by atoms with Gasteiger partial charge in [-0.15, -0.1) is 0 Å². The third-order valence-electron chi connectivity index (χ3n) is 2.94. The maximum absolute atomic E-state index is 9.76. The van der Waals surface area contributed by atoms with Crippen molar-refractivity contribution in [2.24, 2.45) is 0 Å². The van der Waals surface area contributed by atoms with Crippen LogP contribution in [0.3, 0.4) is 0 Å². The summed E-state index contributed by atoms with van der Waals surface area (Å²) in [6, 6.07) is 6.57. The molecule has 0 saturated carbocycles. The number of hydrogen-bond donors (Lipinski definition) is 4. The van der Waals surface area contributed by atoms with Crippen LogP contribution in [-0.4, -0.2) is 46.0 Å². The Bertz CT molecular complexity index is 396. The molecule has 5 N–H and O–H groups in total. The van der Waals surface area contributed by atoms with Crippen LogP contribution in [0.25, 0.3) is 0 Å². The number of benzene rings is 1. The van der Waals surface area contributed by atoms with E-state index >= 15 is 0 Å². The summed E-state index contributed by atoms with van der Waals surface area (Å²) in [7, 11) is 0. The Balaban J connectivity index is 2.06. The summed E-state index contributed by atoms with van der Waals surface area (Å²) >= 11 is 0. The topological polar surface area (TPSA) is 105 Å². The molecule has 1 aromatic rings. The standard InChI is InChI=1S/C12H17NO5/c1-6-9(14)10(15)11(16)12(17-6)18-8-4-2-7(13)3-5-8/h2-6,9-12,14-16H,13H2,1H3/t6-,9+,10+,11-,12?/m1/s1. The molecule has 1 fully saturated rings. The van der Waals surface area contributed by atoms with Gasteiger partial charge >= 0.3 is 0 Å². The number of ether oxygens (including phenoxy) is 2. The zero-order chi connectivity index (χ0) is 13.3. The molecular formula is C12H17NO5. The molecule has 1 aliphatic heterocycles. The van der Waals surface area contributed by atoms with Crippen LogP contribution in [0.4, 0.5) is 5.69 Å². The van der Waals surface area contributed by atoms with E-state index in [-0.39, 0.29) is 0 Å². The second kappa shape index (κ2) is 5.11. The van der Waals surface area contributed by atoms with Gasteiger partial charge in [0.05, 0.1) is 6.10 Å². The molecule has 0 amide bonds. The van der Waals surface area contributed by atoms with E-state index in [1.54, 1.807) is 31.2 Å². The monoisotopic (exact) mass is 255 g/mol. The Hall–Kier alpha value is -1.34. The molecule has 1 aromatic carbocycles. The lowest BCUT2D eigenvalue weighted by Gasteiger charge is -2.38. The van der Waals surface area contributed by atoms with Gasteiger partial charge in [0, 0.05) is 5.69 Å². The number of nitrogens with two attached hydrogens (primary N) is 1. The first-order valence-electron chi connectivity index (χ1n) is 5.71. The molecule has 1 heterocycles. The van der Waals surface area contributed by atoms with Crippen LogP contribution in [0.1, 0.15) is 6.92 Å². The number of nitrogen functional groups attached to an aromatic ring is 1. The van der Waals surface area contributed by atoms with Crippen molar-refractivity contribution >= 4 is 5.69 Å². The number of rotatable bonds is 2. The number of anilines is 1. The van der Waals surface area contributed by atoms with Crippen LogP contribution in [0.5, 0.6) is 5.75 Å². The molecule has 0 aromatic heterocycles. The van der Waals surface area contributed by atoms with Crippen molar-refractivity contribution in [1.29, 1.82) is 0 Å². The van der Waals surface area contributed by atoms with Crippen LogP contribution in [-0.2, 0) is 4.74 Å². The minimum Gasteiger partial charge on any atom is -0.462 e. The van der Waals surface area contributed by atoms with Crippen molar-refractivity contribution in [2.45, 2.75) is 37.6 Å². The van der Waals surface area contributed by atoms with Gasteiger partial charge in [-0.25, -0.2) is 0 Å². The Kier molecular flexibility index (Phi) is 3.72. The summed E-state index contributed by atoms with van der Waals surface area (Å²) in [4.78, 5) is 0. The lowest BCUT2D eigenvalue weighted by atomic mass is 10.00. The predicted octanol–water partition coefficient (Wildman–Crippen LogP) is -0.525. The molecule has 0 aliphatic carbocycles. The third kappa shape index (κ3) is 2.56. The average Bonchev–Trinajstić information content (AvgIpc) is 2.36. The fourth-order valence-corrected chi connectivity index (χ4v) is 1.79. The summed E-state index contributed by atoms with van der Waals surface area (Å²) in [5.74, 6) is 0.462. The molecular weight excluding hydrogens is 238 g/mol. The molecule has 1 saturated heterocycles. The highest BCUT2D eigenvalue weighted by molar-refractivity contribution is 5.41. The smallest absolute Gasteiger partial charge is 0.229 e. The van der Waals surface area contributed by atoms with Gasteiger partial charge < -0.3 is 30.5 Å². The SMILES string of the molecule is C[C@H]1OC(Oc2ccc(N)cc2)[C@H](O)[C@@H](O)[C@H]1O. The van der Waals surface area contributed by atoms with Gasteiger partial charge in [-0.05, 0) is 31.2 Å². The molecule has 0 bridgehead atoms. The zero-order valence-electron chi connectivity index (χ0n) is 9.93. The van der Waals surface area contributed by atoms with Gasteiger partial charge in [-0.2, -0.15) is 0 Å². The first-order valence-corrected chi connectivity index (χ1v) is 5.71. The first-order chi connectivity index (χ1) is 8.49. The van der Waals surface area contributed by atoms with Gasteiger partial charge in [-0.1, -0.05) is 0 Å². The Morgan fingerprint density at radius 3 is 2.28 bits per heavy atom. The van der Waals surface area contributed by atoms with Crippen molar-refractivity contribution in [3.05, 3.63) is 24.3 Å². The molecule has 6 nitrogen and oxygen atoms in total. The largest absolute Gasteiger partial charge is 0.462 e. The van der Waals surface area contributed by atoms with Crippen LogP contribution < -0.4 is 10.5 Å². The molecule has 1 unspecified atom stereocenters. The highest BCUT2D eigenvalue weighted by Gasteiger charge is 2.43. The molecule has 5 atom stereocenters. The quantitative estimate of drug-likeness (QED) is 0.530. The summed E-state index contributed by atoms with van der Waals surface area (Å²) in [6.45, 7) is 1.60. The lowest BCUT2D eigenvalue weighted by Crippen LogP contribution is -2.58. The van der Waals surface area contributed by atoms with Crippen molar-refractivity contribution in [2.75, 3.05) is 5.73 Å². The van der Waals surface area contributed by atoms with E-state index in [2.05, 4.69) is 0 Å². The van der Waals surface area contributed by atoms with Gasteiger partial charge in [0.2, 0.25) is 6.29 Å². The van der Waals surface area contributed by atoms with Crippen molar-refractivity contribution in [3.8, 4) is 5.75 Å². The Morgan fingerprint density at radius 1 is 1.06 bits per heavy atom. The minimum absolute atomic E-state index is 0.462. The molecule has 1 aliphatic rings. The predicted molar refractivity (Wildman–Crippen MR) is 63.8 cm³/mol. The first kappa shape index (κ1) is 13.1. The van der Waals surface area contributed by atoms with E-state index in [0.717, 1.165) is 0 Å². The zero-order valence-corrected chi connectivity index (χ0v) is 9.93. The summed E-state index contributed by atoms with van der Waals surface area (Å²) in [5.41, 5.74) is 6.13. The van der Waals surface area contributed by atoms with E-state index in [1.165, 1.54) is 0 Å². The summed E-state index contributed by atoms with van der Waals surface area (Å²) in [5, 5.41) is 28.9. The maximum atomic E-state index is 9.76. The maximum Gasteiger partial charge on any atom is 0.229 e. The van der Waals surface area contributed by atoms with Gasteiger partial charge in [0.15, 0.2) is 0 Å². The molecule has 18 heavy (non-hydrogen) atoms. The molecule has 0 radical (unpaired) electrons. The van der Waals surface area contributed by atoms with Crippen molar-refractivity contribution < 1.29 is 24.8 Å². The van der Waals surface area contributed by atoms with E-state index in [0.29, 0.717) is 11.4 Å². The number of aliphatic hydroxyl groups excluding tert-OH is 3. The van der Waals surface area contributed by atoms with E-state index in [1.807, 2.05) is 0 Å². The average molecular weight is 255 g/mol. The second-order valence-corrected chi connectivity index (χ2v) is 4.37. The van der Waals surface area contributed by atoms with Crippen molar-refractivity contribution in [1.82, 2.24) is 0 Å². The number of hydrogen-bond acceptors (Lipinski definition) is 6. The van der Waals surface area contributed by atoms with Gasteiger partial charge in [0.25, 0.3) is 0 Å². The molecule has 0 spiro atoms. The Labute approximate surface area is 105 Å². The number of aliphatic hydroxyl groups is 3. The normalized spacial score (nSPS) is 36.3. The minimum atomic E-state index is -1.31. The lowest BCUT2D eigenvalue weighted by molar-refractivity contribution is -0.268. The second-order valence-electron chi connectivity index (χ2n) is 4.37. The molecule has 6 heteroatoms. The summed E-state index contributed by atoms with van der Waals surface area (Å²) < 4.78 is 10.7. The van der Waals surface area contributed by atoms with Crippen molar-refractivity contribution in [3.63, 3.8) is 0 Å². The van der Waals surface area contributed by atoms with Crippen LogP contribution in [0, 0.1) is 0 Å². The van der Waals surface area contributed by atoms with E-state index in [9.17, 15) is 15.3 Å². The highest BCUT2D eigenvalue weighted by Crippen LogP contribution is 2.24. The van der Waals surface area contributed by atoms with E-state index in [4.69, 9.17) is 15.2 Å². The summed E-state index contributed by atoms with van der Waals surface area (Å²) in [6.07, 6.45) is -5.39.